The van der Waals surface area contributed by atoms with Crippen molar-refractivity contribution in [1.29, 1.82) is 0 Å². The van der Waals surface area contributed by atoms with E-state index >= 15 is 0 Å². The van der Waals surface area contributed by atoms with Crippen LogP contribution in [0.25, 0.3) is 0 Å². The molecule has 4 fully saturated rings. The van der Waals surface area contributed by atoms with E-state index in [2.05, 4.69) is 15.1 Å². The highest BCUT2D eigenvalue weighted by Gasteiger charge is 2.41. The van der Waals surface area contributed by atoms with Gasteiger partial charge in [-0.15, -0.1) is 0 Å². The number of urea groups is 1. The molecule has 2 aliphatic carbocycles. The van der Waals surface area contributed by atoms with Crippen molar-refractivity contribution in [3.8, 4) is 0 Å². The molecule has 0 aromatic rings. The predicted molar refractivity (Wildman–Crippen MR) is 87.9 cm³/mol. The smallest absolute Gasteiger partial charge is 0.317 e. The van der Waals surface area contributed by atoms with Crippen molar-refractivity contribution < 1.29 is 4.79 Å². The molecule has 2 saturated heterocycles. The Kier molecular flexibility index (Phi) is 4.05. The number of carbonyl (C=O) groups excluding carboxylic acids is 1. The van der Waals surface area contributed by atoms with Crippen molar-refractivity contribution >= 4 is 6.03 Å². The molecule has 4 heteroatoms. The summed E-state index contributed by atoms with van der Waals surface area (Å²) in [4.78, 5) is 17.3. The van der Waals surface area contributed by atoms with Crippen LogP contribution in [0.1, 0.15) is 64.2 Å². The van der Waals surface area contributed by atoms with Crippen molar-refractivity contribution in [2.45, 2.75) is 76.3 Å². The predicted octanol–water partition coefficient (Wildman–Crippen LogP) is 2.98. The molecule has 0 bridgehead atoms. The van der Waals surface area contributed by atoms with Gasteiger partial charge in [-0.05, 0) is 50.4 Å². The minimum absolute atomic E-state index is 0.215. The minimum Gasteiger partial charge on any atom is -0.335 e. The maximum Gasteiger partial charge on any atom is 0.317 e. The largest absolute Gasteiger partial charge is 0.335 e. The zero-order valence-electron chi connectivity index (χ0n) is 13.9. The summed E-state index contributed by atoms with van der Waals surface area (Å²) < 4.78 is 0. The number of likely N-dealkylation sites (tertiary alicyclic amines) is 2. The highest BCUT2D eigenvalue weighted by Crippen LogP contribution is 2.43. The molecule has 0 unspecified atom stereocenters. The molecule has 4 nitrogen and oxygen atoms in total. The molecule has 2 saturated carbocycles. The molecule has 0 radical (unpaired) electrons. The van der Waals surface area contributed by atoms with Crippen LogP contribution >= 0.6 is 0 Å². The Bertz CT molecular complexity index is 407. The van der Waals surface area contributed by atoms with Crippen LogP contribution in [0.2, 0.25) is 0 Å². The average molecular weight is 305 g/mol. The van der Waals surface area contributed by atoms with Gasteiger partial charge in [-0.25, -0.2) is 4.79 Å². The van der Waals surface area contributed by atoms with Gasteiger partial charge in [0.25, 0.3) is 0 Å². The second-order valence-electron chi connectivity index (χ2n) is 8.22. The van der Waals surface area contributed by atoms with E-state index in [9.17, 15) is 4.79 Å². The Hall–Kier alpha value is -0.770. The zero-order chi connectivity index (χ0) is 15.0. The lowest BCUT2D eigenvalue weighted by Crippen LogP contribution is -2.49. The van der Waals surface area contributed by atoms with Gasteiger partial charge in [-0.1, -0.05) is 19.3 Å². The fourth-order valence-electron chi connectivity index (χ4n) is 4.93. The van der Waals surface area contributed by atoms with Gasteiger partial charge in [-0.3, -0.25) is 0 Å². The maximum atomic E-state index is 12.6. The molecule has 2 amide bonds. The number of carbonyl (C=O) groups is 1. The average Bonchev–Trinajstić information content (AvgIpc) is 3.32. The van der Waals surface area contributed by atoms with E-state index in [-0.39, 0.29) is 6.03 Å². The van der Waals surface area contributed by atoms with Crippen LogP contribution in [0.4, 0.5) is 4.79 Å². The van der Waals surface area contributed by atoms with Crippen molar-refractivity contribution in [3.05, 3.63) is 0 Å². The van der Waals surface area contributed by atoms with Crippen LogP contribution in [-0.2, 0) is 0 Å². The van der Waals surface area contributed by atoms with E-state index in [0.717, 1.165) is 32.0 Å². The lowest BCUT2D eigenvalue weighted by Gasteiger charge is -2.35. The summed E-state index contributed by atoms with van der Waals surface area (Å²) in [6.45, 7) is 4.35. The third-order valence-electron chi connectivity index (χ3n) is 6.56. The summed E-state index contributed by atoms with van der Waals surface area (Å²) in [6, 6.07) is 1.50. The van der Waals surface area contributed by atoms with Gasteiger partial charge in [0.2, 0.25) is 0 Å². The summed E-state index contributed by atoms with van der Waals surface area (Å²) in [5.41, 5.74) is 0.477. The Morgan fingerprint density at radius 1 is 0.909 bits per heavy atom. The first-order chi connectivity index (χ1) is 10.7. The summed E-state index contributed by atoms with van der Waals surface area (Å²) in [7, 11) is 0. The Balaban J connectivity index is 1.24. The van der Waals surface area contributed by atoms with E-state index in [0.29, 0.717) is 11.5 Å². The fourth-order valence-corrected chi connectivity index (χ4v) is 4.93. The van der Waals surface area contributed by atoms with E-state index in [1.807, 2.05) is 0 Å². The van der Waals surface area contributed by atoms with Crippen molar-refractivity contribution in [2.75, 3.05) is 26.2 Å². The van der Waals surface area contributed by atoms with Crippen molar-refractivity contribution in [2.24, 2.45) is 5.41 Å². The summed E-state index contributed by atoms with van der Waals surface area (Å²) >= 11 is 0. The second kappa shape index (κ2) is 6.03. The quantitative estimate of drug-likeness (QED) is 0.851. The van der Waals surface area contributed by atoms with Gasteiger partial charge in [0.1, 0.15) is 0 Å². The molecular formula is C18H31N3O. The lowest BCUT2D eigenvalue weighted by molar-refractivity contribution is 0.161. The molecule has 4 aliphatic rings. The number of nitrogens with one attached hydrogen (secondary N) is 1. The Morgan fingerprint density at radius 3 is 2.32 bits per heavy atom. The molecule has 22 heavy (non-hydrogen) atoms. The number of hydrogen-bond donors (Lipinski definition) is 1. The zero-order valence-corrected chi connectivity index (χ0v) is 13.9. The number of hydrogen-bond acceptors (Lipinski definition) is 2. The first-order valence-corrected chi connectivity index (χ1v) is 9.54. The number of amides is 2. The van der Waals surface area contributed by atoms with Gasteiger partial charge >= 0.3 is 6.03 Å². The highest BCUT2D eigenvalue weighted by atomic mass is 16.2. The summed E-state index contributed by atoms with van der Waals surface area (Å²) in [6.07, 6.45) is 13.1. The number of nitrogens with zero attached hydrogens (tertiary/aromatic N) is 2. The van der Waals surface area contributed by atoms with Gasteiger partial charge in [0.05, 0.1) is 0 Å². The molecule has 0 aromatic carbocycles. The van der Waals surface area contributed by atoms with Crippen LogP contribution in [-0.4, -0.2) is 54.1 Å². The molecular weight excluding hydrogens is 274 g/mol. The van der Waals surface area contributed by atoms with Crippen LogP contribution in [0, 0.1) is 5.41 Å². The molecule has 2 aliphatic heterocycles. The van der Waals surface area contributed by atoms with Crippen LogP contribution in [0.3, 0.4) is 0 Å². The maximum absolute atomic E-state index is 12.6. The second-order valence-corrected chi connectivity index (χ2v) is 8.22. The number of piperidine rings is 1. The molecule has 2 heterocycles. The molecule has 1 N–H and O–H groups in total. The van der Waals surface area contributed by atoms with Gasteiger partial charge < -0.3 is 15.1 Å². The Morgan fingerprint density at radius 2 is 1.64 bits per heavy atom. The summed E-state index contributed by atoms with van der Waals surface area (Å²) in [5, 5.41) is 3.32. The summed E-state index contributed by atoms with van der Waals surface area (Å²) in [5.74, 6) is 0. The molecule has 0 atom stereocenters. The third-order valence-corrected chi connectivity index (χ3v) is 6.56. The molecule has 4 rings (SSSR count). The van der Waals surface area contributed by atoms with Gasteiger partial charge in [-0.2, -0.15) is 0 Å². The normalized spacial score (nSPS) is 29.9. The Labute approximate surface area is 134 Å². The molecule has 124 valence electrons. The standard InChI is InChI=1S/C18H31N3O/c22-17(19-15-6-11-20(12-7-15)16-4-5-16)21-13-10-18(14-21)8-2-1-3-9-18/h15-16H,1-14H2,(H,19,22). The van der Waals surface area contributed by atoms with Crippen LogP contribution < -0.4 is 5.32 Å². The highest BCUT2D eigenvalue weighted by molar-refractivity contribution is 5.75. The van der Waals surface area contributed by atoms with Crippen molar-refractivity contribution in [3.63, 3.8) is 0 Å². The van der Waals surface area contributed by atoms with Crippen LogP contribution in [0.5, 0.6) is 0 Å². The van der Waals surface area contributed by atoms with Crippen LogP contribution in [0.15, 0.2) is 0 Å². The van der Waals surface area contributed by atoms with E-state index in [1.54, 1.807) is 0 Å². The first-order valence-electron chi connectivity index (χ1n) is 9.54. The lowest BCUT2D eigenvalue weighted by atomic mass is 9.73. The molecule has 1 spiro atoms. The van der Waals surface area contributed by atoms with Crippen molar-refractivity contribution in [1.82, 2.24) is 15.1 Å². The first kappa shape index (κ1) is 14.8. The van der Waals surface area contributed by atoms with Gasteiger partial charge in [0, 0.05) is 38.3 Å². The topological polar surface area (TPSA) is 35.6 Å². The SMILES string of the molecule is O=C(NC1CCN(C2CC2)CC1)N1CCC2(CCCCC2)C1. The molecule has 0 aromatic heterocycles. The number of rotatable bonds is 2. The van der Waals surface area contributed by atoms with E-state index < -0.39 is 0 Å². The monoisotopic (exact) mass is 305 g/mol. The van der Waals surface area contributed by atoms with Gasteiger partial charge in [0.15, 0.2) is 0 Å². The van der Waals surface area contributed by atoms with E-state index in [4.69, 9.17) is 0 Å². The third kappa shape index (κ3) is 3.12. The minimum atomic E-state index is 0.215. The fraction of sp³-hybridized carbons (Fsp3) is 0.944. The van der Waals surface area contributed by atoms with E-state index in [1.165, 1.54) is 64.5 Å².